The lowest BCUT2D eigenvalue weighted by molar-refractivity contribution is 0.391. The van der Waals surface area contributed by atoms with Gasteiger partial charge in [0.1, 0.15) is 34.1 Å². The molecule has 3 aromatic rings. The molecule has 0 atom stereocenters. The predicted octanol–water partition coefficient (Wildman–Crippen LogP) is 3.29. The van der Waals surface area contributed by atoms with E-state index in [1.165, 1.54) is 7.11 Å². The van der Waals surface area contributed by atoms with Gasteiger partial charge in [0.05, 0.1) is 33.8 Å². The highest BCUT2D eigenvalue weighted by molar-refractivity contribution is 6.13. The summed E-state index contributed by atoms with van der Waals surface area (Å²) in [6.07, 6.45) is 0. The number of aryl methyl sites for hydroxylation is 1. The van der Waals surface area contributed by atoms with Crippen LogP contribution in [0.25, 0.3) is 21.5 Å². The number of ether oxygens (including phenoxy) is 4. The number of hydrogen-bond donors (Lipinski definition) is 0. The van der Waals surface area contributed by atoms with Crippen molar-refractivity contribution >= 4 is 21.5 Å². The van der Waals surface area contributed by atoms with E-state index in [9.17, 15) is 4.79 Å². The number of fused-ring (bicyclic) bond motifs is 2. The van der Waals surface area contributed by atoms with Gasteiger partial charge in [-0.3, -0.25) is 0 Å². The van der Waals surface area contributed by atoms with Crippen LogP contribution in [0.15, 0.2) is 27.4 Å². The first-order chi connectivity index (χ1) is 11.5. The molecule has 0 saturated carbocycles. The van der Waals surface area contributed by atoms with Gasteiger partial charge in [0.2, 0.25) is 0 Å². The highest BCUT2D eigenvalue weighted by Gasteiger charge is 2.23. The Balaban J connectivity index is 2.69. The lowest BCUT2D eigenvalue weighted by Crippen LogP contribution is -2.05. The van der Waals surface area contributed by atoms with Crippen LogP contribution in [0.1, 0.15) is 5.76 Å². The van der Waals surface area contributed by atoms with E-state index in [2.05, 4.69) is 0 Å². The van der Waals surface area contributed by atoms with Crippen LogP contribution in [0.3, 0.4) is 0 Å². The van der Waals surface area contributed by atoms with E-state index in [0.29, 0.717) is 44.9 Å². The Labute approximate surface area is 138 Å². The summed E-state index contributed by atoms with van der Waals surface area (Å²) in [5, 5.41) is 2.28. The fourth-order valence-corrected chi connectivity index (χ4v) is 2.98. The number of rotatable bonds is 4. The second-order valence-corrected chi connectivity index (χ2v) is 5.25. The van der Waals surface area contributed by atoms with Crippen LogP contribution in [0.5, 0.6) is 23.0 Å². The van der Waals surface area contributed by atoms with Crippen molar-refractivity contribution < 1.29 is 23.4 Å². The van der Waals surface area contributed by atoms with Gasteiger partial charge in [-0.2, -0.15) is 0 Å². The fourth-order valence-electron chi connectivity index (χ4n) is 2.98. The van der Waals surface area contributed by atoms with E-state index in [1.807, 2.05) is 6.07 Å². The topological polar surface area (TPSA) is 67.1 Å². The van der Waals surface area contributed by atoms with Gasteiger partial charge in [-0.05, 0) is 19.1 Å². The van der Waals surface area contributed by atoms with E-state index in [4.69, 9.17) is 23.4 Å². The van der Waals surface area contributed by atoms with Gasteiger partial charge >= 0.3 is 5.63 Å². The third-order valence-electron chi connectivity index (χ3n) is 3.96. The zero-order valence-corrected chi connectivity index (χ0v) is 14.2. The normalized spacial score (nSPS) is 10.9. The van der Waals surface area contributed by atoms with Crippen LogP contribution in [0, 0.1) is 6.92 Å². The second kappa shape index (κ2) is 5.96. The maximum Gasteiger partial charge on any atom is 0.347 e. The first kappa shape index (κ1) is 16.0. The summed E-state index contributed by atoms with van der Waals surface area (Å²) in [5.41, 5.74) is -0.486. The minimum Gasteiger partial charge on any atom is -0.497 e. The van der Waals surface area contributed by atoms with Crippen LogP contribution in [-0.4, -0.2) is 28.4 Å². The Kier molecular flexibility index (Phi) is 3.97. The molecule has 3 rings (SSSR count). The minimum atomic E-state index is -0.486. The van der Waals surface area contributed by atoms with Gasteiger partial charge in [0.25, 0.3) is 0 Å². The molecule has 2 aromatic carbocycles. The SMILES string of the molecule is COc1cc(OC)c2c(OC)c3c(=O)oc(C)cc3c(OC)c2c1. The average molecular weight is 330 g/mol. The van der Waals surface area contributed by atoms with Gasteiger partial charge in [0, 0.05) is 16.8 Å². The molecule has 0 unspecified atom stereocenters. The zero-order valence-electron chi connectivity index (χ0n) is 14.2. The maximum atomic E-state index is 12.4. The van der Waals surface area contributed by atoms with Crippen molar-refractivity contribution in [2.75, 3.05) is 28.4 Å². The van der Waals surface area contributed by atoms with Crippen LogP contribution < -0.4 is 24.6 Å². The smallest absolute Gasteiger partial charge is 0.347 e. The lowest BCUT2D eigenvalue weighted by atomic mass is 10.0. The standard InChI is InChI=1S/C18H18O6/c1-9-6-11-15(18(19)24-9)17(23-5)14-12(16(11)22-4)7-10(20-2)8-13(14)21-3/h6-8H,1-5H3. The third kappa shape index (κ3) is 2.22. The highest BCUT2D eigenvalue weighted by Crippen LogP contribution is 2.47. The van der Waals surface area contributed by atoms with Gasteiger partial charge in [-0.15, -0.1) is 0 Å². The number of methoxy groups -OCH3 is 4. The van der Waals surface area contributed by atoms with Crippen molar-refractivity contribution in [3.8, 4) is 23.0 Å². The van der Waals surface area contributed by atoms with E-state index in [0.717, 1.165) is 5.39 Å². The third-order valence-corrected chi connectivity index (χ3v) is 3.96. The van der Waals surface area contributed by atoms with E-state index < -0.39 is 5.63 Å². The maximum absolute atomic E-state index is 12.4. The lowest BCUT2D eigenvalue weighted by Gasteiger charge is -2.17. The largest absolute Gasteiger partial charge is 0.497 e. The molecule has 0 saturated heterocycles. The van der Waals surface area contributed by atoms with Crippen molar-refractivity contribution in [3.05, 3.63) is 34.4 Å². The Morgan fingerprint density at radius 2 is 1.46 bits per heavy atom. The van der Waals surface area contributed by atoms with Crippen LogP contribution in [0.4, 0.5) is 0 Å². The quantitative estimate of drug-likeness (QED) is 0.684. The molecule has 1 heterocycles. The molecule has 0 radical (unpaired) electrons. The molecule has 1 aromatic heterocycles. The Morgan fingerprint density at radius 3 is 2.04 bits per heavy atom. The van der Waals surface area contributed by atoms with Crippen molar-refractivity contribution in [2.45, 2.75) is 6.92 Å². The molecular formula is C18H18O6. The first-order valence-corrected chi connectivity index (χ1v) is 7.29. The summed E-state index contributed by atoms with van der Waals surface area (Å²) < 4.78 is 27.2. The fraction of sp³-hybridized carbons (Fsp3) is 0.278. The van der Waals surface area contributed by atoms with E-state index in [1.54, 1.807) is 40.4 Å². The molecule has 0 aliphatic heterocycles. The summed E-state index contributed by atoms with van der Waals surface area (Å²) in [4.78, 5) is 12.4. The van der Waals surface area contributed by atoms with E-state index in [-0.39, 0.29) is 0 Å². The molecule has 0 amide bonds. The van der Waals surface area contributed by atoms with Crippen molar-refractivity contribution in [3.63, 3.8) is 0 Å². The second-order valence-electron chi connectivity index (χ2n) is 5.25. The molecular weight excluding hydrogens is 312 g/mol. The summed E-state index contributed by atoms with van der Waals surface area (Å²) in [6.45, 7) is 1.71. The molecule has 0 spiro atoms. The first-order valence-electron chi connectivity index (χ1n) is 7.29. The molecule has 0 fully saturated rings. The average Bonchev–Trinajstić information content (AvgIpc) is 2.58. The van der Waals surface area contributed by atoms with Crippen molar-refractivity contribution in [1.82, 2.24) is 0 Å². The molecule has 0 N–H and O–H groups in total. The molecule has 0 aliphatic rings. The minimum absolute atomic E-state index is 0.316. The molecule has 0 bridgehead atoms. The van der Waals surface area contributed by atoms with Crippen LogP contribution >= 0.6 is 0 Å². The van der Waals surface area contributed by atoms with Crippen LogP contribution in [0.2, 0.25) is 0 Å². The van der Waals surface area contributed by atoms with Gasteiger partial charge in [-0.25, -0.2) is 4.79 Å². The molecule has 6 nitrogen and oxygen atoms in total. The molecule has 6 heteroatoms. The summed E-state index contributed by atoms with van der Waals surface area (Å²) in [6, 6.07) is 5.30. The van der Waals surface area contributed by atoms with Crippen LogP contribution in [-0.2, 0) is 0 Å². The Morgan fingerprint density at radius 1 is 0.792 bits per heavy atom. The number of hydrogen-bond acceptors (Lipinski definition) is 6. The molecule has 0 aliphatic carbocycles. The van der Waals surface area contributed by atoms with Gasteiger partial charge in [0.15, 0.2) is 0 Å². The molecule has 126 valence electrons. The monoisotopic (exact) mass is 330 g/mol. The summed E-state index contributed by atoms with van der Waals surface area (Å²) in [7, 11) is 6.17. The predicted molar refractivity (Wildman–Crippen MR) is 90.9 cm³/mol. The number of benzene rings is 2. The Bertz CT molecular complexity index is 987. The molecule has 24 heavy (non-hydrogen) atoms. The zero-order chi connectivity index (χ0) is 17.4. The summed E-state index contributed by atoms with van der Waals surface area (Å²) in [5.74, 6) is 2.53. The summed E-state index contributed by atoms with van der Waals surface area (Å²) >= 11 is 0. The highest BCUT2D eigenvalue weighted by atomic mass is 16.5. The Hall–Kier alpha value is -2.89. The van der Waals surface area contributed by atoms with Crippen molar-refractivity contribution in [1.29, 1.82) is 0 Å². The van der Waals surface area contributed by atoms with E-state index >= 15 is 0 Å². The van der Waals surface area contributed by atoms with Gasteiger partial charge < -0.3 is 23.4 Å². The van der Waals surface area contributed by atoms with Crippen molar-refractivity contribution in [2.24, 2.45) is 0 Å². The van der Waals surface area contributed by atoms with Gasteiger partial charge in [-0.1, -0.05) is 0 Å².